The molecule has 1 aromatic carbocycles. The maximum atomic E-state index is 14.5. The van der Waals surface area contributed by atoms with E-state index in [-0.39, 0.29) is 0 Å². The zero-order valence-corrected chi connectivity index (χ0v) is 12.2. The Kier molecular flexibility index (Phi) is 4.73. The summed E-state index contributed by atoms with van der Waals surface area (Å²) < 4.78 is 85.6. The Morgan fingerprint density at radius 1 is 0.769 bits per heavy atom. The van der Waals surface area contributed by atoms with Crippen LogP contribution in [0.5, 0.6) is 0 Å². The number of hydrogen-bond donors (Lipinski definition) is 0. The molecule has 1 aliphatic carbocycles. The van der Waals surface area contributed by atoms with Gasteiger partial charge >= 0.3 is 0 Å². The van der Waals surface area contributed by atoms with Crippen molar-refractivity contribution in [3.63, 3.8) is 0 Å². The minimum atomic E-state index is -2.52. The molecule has 1 aromatic rings. The van der Waals surface area contributed by atoms with Gasteiger partial charge in [0.25, 0.3) is 0 Å². The van der Waals surface area contributed by atoms with Crippen molar-refractivity contribution in [1.82, 2.24) is 0 Å². The molecule has 0 N–H and O–H groups in total. The third-order valence-electron chi connectivity index (χ3n) is 3.62. The standard InChI is InChI=1S/C16H2F6N4/c17-11-7(5(1-23)2-24)13(19)15(21)10-9(11)16(22)14(20)8(12(10)18)6(3-25)4-26/h5,7H. The van der Waals surface area contributed by atoms with Crippen LogP contribution in [-0.2, 0) is 0 Å². The molecule has 0 radical (unpaired) electrons. The van der Waals surface area contributed by atoms with Crippen LogP contribution in [0.25, 0.3) is 17.2 Å². The van der Waals surface area contributed by atoms with E-state index in [1.165, 1.54) is 12.1 Å². The topological polar surface area (TPSA) is 95.2 Å². The van der Waals surface area contributed by atoms with E-state index in [0.717, 1.165) is 12.1 Å². The smallest absolute Gasteiger partial charge is 0.171 e. The van der Waals surface area contributed by atoms with Gasteiger partial charge < -0.3 is 0 Å². The Morgan fingerprint density at radius 3 is 1.77 bits per heavy atom. The van der Waals surface area contributed by atoms with Crippen molar-refractivity contribution in [3.8, 4) is 24.3 Å². The minimum absolute atomic E-state index is 1.06. The monoisotopic (exact) mass is 364 g/mol. The average Bonchev–Trinajstić information content (AvgIpc) is 2.63. The van der Waals surface area contributed by atoms with Gasteiger partial charge in [0.1, 0.15) is 41.1 Å². The number of rotatable bonds is 1. The maximum Gasteiger partial charge on any atom is 0.171 e. The Morgan fingerprint density at radius 2 is 1.31 bits per heavy atom. The van der Waals surface area contributed by atoms with Gasteiger partial charge in [-0.05, 0) is 0 Å². The van der Waals surface area contributed by atoms with Crippen molar-refractivity contribution in [2.45, 2.75) is 0 Å². The summed E-state index contributed by atoms with van der Waals surface area (Å²) in [5, 5.41) is 31.6. The molecular formula is C16H2F6N4. The number of nitriles is 4. The Hall–Kier alpha value is -3.76. The first-order valence-electron chi connectivity index (χ1n) is 6.52. The van der Waals surface area contributed by atoms with Crippen LogP contribution in [0.15, 0.2) is 5.83 Å². The highest BCUT2D eigenvalue weighted by Gasteiger charge is 2.40. The fourth-order valence-corrected chi connectivity index (χ4v) is 2.44. The van der Waals surface area contributed by atoms with E-state index in [9.17, 15) is 26.3 Å². The van der Waals surface area contributed by atoms with Crippen LogP contribution in [0.2, 0.25) is 0 Å². The lowest BCUT2D eigenvalue weighted by Crippen LogP contribution is -2.35. The Bertz CT molecular complexity index is 1120. The van der Waals surface area contributed by atoms with Gasteiger partial charge in [0.2, 0.25) is 0 Å². The van der Waals surface area contributed by atoms with Crippen LogP contribution in [0, 0.1) is 74.6 Å². The molecule has 0 aliphatic heterocycles. The highest BCUT2D eigenvalue weighted by atomic mass is 19.2. The second-order valence-electron chi connectivity index (χ2n) is 4.89. The first-order valence-corrected chi connectivity index (χ1v) is 6.52. The third kappa shape index (κ3) is 2.37. The zero-order valence-electron chi connectivity index (χ0n) is 12.2. The van der Waals surface area contributed by atoms with Gasteiger partial charge in [-0.15, -0.1) is 0 Å². The largest absolute Gasteiger partial charge is 0.210 e. The van der Waals surface area contributed by atoms with Gasteiger partial charge in [-0.2, -0.15) is 21.0 Å². The molecule has 0 spiro atoms. The quantitative estimate of drug-likeness (QED) is 0.564. The summed E-state index contributed by atoms with van der Waals surface area (Å²) in [4.78, 5) is 0. The predicted molar refractivity (Wildman–Crippen MR) is 72.1 cm³/mol. The first kappa shape index (κ1) is 18.6. The SMILES string of the molecule is N#CC(C#N)=c1c(F)c(F)c2c(c1F)C(F)=C(F)C(C(C#N)C#N)C=2F. The van der Waals surface area contributed by atoms with Crippen molar-refractivity contribution in [3.05, 3.63) is 39.3 Å². The number of hydrogen-bond acceptors (Lipinski definition) is 4. The number of benzene rings is 1. The zero-order chi connectivity index (χ0) is 19.8. The van der Waals surface area contributed by atoms with Gasteiger partial charge in [-0.25, -0.2) is 26.3 Å². The van der Waals surface area contributed by atoms with Gasteiger partial charge in [-0.3, -0.25) is 0 Å². The lowest BCUT2D eigenvalue weighted by Gasteiger charge is -2.20. The number of fused-ring (bicyclic) bond motifs is 1. The van der Waals surface area contributed by atoms with Crippen LogP contribution in [0.1, 0.15) is 5.56 Å². The van der Waals surface area contributed by atoms with Gasteiger partial charge in [0, 0.05) is 0 Å². The van der Waals surface area contributed by atoms with E-state index < -0.39 is 68.3 Å². The molecule has 0 saturated carbocycles. The molecule has 1 unspecified atom stereocenters. The summed E-state index contributed by atoms with van der Waals surface area (Å²) in [5.41, 5.74) is -2.97. The lowest BCUT2D eigenvalue weighted by atomic mass is 9.85. The molecule has 1 aliphatic rings. The molecule has 10 heteroatoms. The average molecular weight is 364 g/mol. The fraction of sp³-hybridized carbons (Fsp3) is 0.125. The van der Waals surface area contributed by atoms with Crippen LogP contribution in [-0.4, -0.2) is 0 Å². The van der Waals surface area contributed by atoms with Crippen molar-refractivity contribution >= 4 is 17.2 Å². The van der Waals surface area contributed by atoms with Gasteiger partial charge in [0.15, 0.2) is 17.5 Å². The molecule has 2 rings (SSSR count). The van der Waals surface area contributed by atoms with Crippen LogP contribution >= 0.6 is 0 Å². The second-order valence-corrected chi connectivity index (χ2v) is 4.89. The molecule has 1 atom stereocenters. The van der Waals surface area contributed by atoms with E-state index in [2.05, 4.69) is 0 Å². The van der Waals surface area contributed by atoms with E-state index in [1.807, 2.05) is 0 Å². The normalized spacial score (nSPS) is 15.7. The Labute approximate surface area is 141 Å². The molecule has 4 nitrogen and oxygen atoms in total. The van der Waals surface area contributed by atoms with E-state index in [0.29, 0.717) is 0 Å². The maximum absolute atomic E-state index is 14.5. The first-order chi connectivity index (χ1) is 12.3. The number of nitrogens with zero attached hydrogens (tertiary/aromatic N) is 4. The molecule has 0 aromatic heterocycles. The highest BCUT2D eigenvalue weighted by Crippen LogP contribution is 2.39. The molecule has 0 amide bonds. The summed E-state index contributed by atoms with van der Waals surface area (Å²) in [5.74, 6) is -17.3. The van der Waals surface area contributed by atoms with Crippen LogP contribution in [0.4, 0.5) is 26.3 Å². The summed E-state index contributed by atoms with van der Waals surface area (Å²) in [6.45, 7) is 0. The lowest BCUT2D eigenvalue weighted by molar-refractivity contribution is 0.426. The Balaban J connectivity index is 3.20. The van der Waals surface area contributed by atoms with Crippen molar-refractivity contribution in [2.75, 3.05) is 0 Å². The van der Waals surface area contributed by atoms with Crippen LogP contribution in [0.3, 0.4) is 0 Å². The molecule has 26 heavy (non-hydrogen) atoms. The predicted octanol–water partition coefficient (Wildman–Crippen LogP) is 2.28. The molecule has 0 fully saturated rings. The number of allylic oxidation sites excluding steroid dienone is 1. The molecule has 0 saturated heterocycles. The summed E-state index contributed by atoms with van der Waals surface area (Å²) in [6, 6.07) is 4.45. The molecule has 128 valence electrons. The molecule has 0 bridgehead atoms. The number of halogens is 6. The molecule has 0 heterocycles. The summed E-state index contributed by atoms with van der Waals surface area (Å²) in [7, 11) is 0. The van der Waals surface area contributed by atoms with Crippen molar-refractivity contribution in [2.24, 2.45) is 11.8 Å². The van der Waals surface area contributed by atoms with Crippen molar-refractivity contribution < 1.29 is 26.3 Å². The van der Waals surface area contributed by atoms with Gasteiger partial charge in [-0.1, -0.05) is 0 Å². The van der Waals surface area contributed by atoms with Crippen molar-refractivity contribution in [1.29, 1.82) is 21.0 Å². The second kappa shape index (κ2) is 6.63. The van der Waals surface area contributed by atoms with Crippen LogP contribution < -0.4 is 10.4 Å². The summed E-state index contributed by atoms with van der Waals surface area (Å²) in [6.07, 6.45) is 0. The minimum Gasteiger partial charge on any atom is -0.210 e. The summed E-state index contributed by atoms with van der Waals surface area (Å²) >= 11 is 0. The van der Waals surface area contributed by atoms with E-state index in [4.69, 9.17) is 21.0 Å². The van der Waals surface area contributed by atoms with Gasteiger partial charge in [0.05, 0.1) is 34.1 Å². The fourth-order valence-electron chi connectivity index (χ4n) is 2.44. The van der Waals surface area contributed by atoms with E-state index in [1.54, 1.807) is 0 Å². The molecular weight excluding hydrogens is 362 g/mol. The highest BCUT2D eigenvalue weighted by molar-refractivity contribution is 5.76. The third-order valence-corrected chi connectivity index (χ3v) is 3.62. The van der Waals surface area contributed by atoms with E-state index >= 15 is 0 Å².